The number of alkyl halides is 1. The molecule has 22 heavy (non-hydrogen) atoms. The van der Waals surface area contributed by atoms with Crippen molar-refractivity contribution in [3.05, 3.63) is 24.3 Å². The van der Waals surface area contributed by atoms with E-state index in [1.807, 2.05) is 6.07 Å². The second-order valence-electron chi connectivity index (χ2n) is 7.85. The Balaban J connectivity index is 1.49. The van der Waals surface area contributed by atoms with Gasteiger partial charge in [-0.2, -0.15) is 0 Å². The van der Waals surface area contributed by atoms with Gasteiger partial charge in [0.05, 0.1) is 5.69 Å². The molecule has 4 aliphatic rings. The van der Waals surface area contributed by atoms with Crippen LogP contribution in [0.2, 0.25) is 0 Å². The Labute approximate surface area is 139 Å². The van der Waals surface area contributed by atoms with Gasteiger partial charge in [-0.3, -0.25) is 4.79 Å². The SMILES string of the molecule is O=C(CC12CC3CC(CC(Br)(C3)C1)C2)Nc1ccccc1O. The number of phenols is 1. The first-order chi connectivity index (χ1) is 10.5. The van der Waals surface area contributed by atoms with Crippen molar-refractivity contribution < 1.29 is 9.90 Å². The molecule has 4 aliphatic carbocycles. The standard InChI is InChI=1S/C18H22BrNO2/c19-18-8-12-5-13(9-18)7-17(6-12,11-18)10-16(22)20-14-3-1-2-4-15(14)21/h1-4,12-13,21H,5-11H2,(H,20,22). The first-order valence-electron chi connectivity index (χ1n) is 8.22. The fourth-order valence-electron chi connectivity index (χ4n) is 5.66. The van der Waals surface area contributed by atoms with Gasteiger partial charge in [-0.1, -0.05) is 28.1 Å². The molecule has 118 valence electrons. The summed E-state index contributed by atoms with van der Waals surface area (Å²) in [5.41, 5.74) is 0.688. The average Bonchev–Trinajstić information content (AvgIpc) is 2.37. The molecule has 0 aromatic heterocycles. The van der Waals surface area contributed by atoms with Crippen molar-refractivity contribution in [1.29, 1.82) is 0 Å². The molecule has 0 saturated heterocycles. The van der Waals surface area contributed by atoms with Crippen LogP contribution >= 0.6 is 15.9 Å². The minimum atomic E-state index is 0.0413. The number of nitrogens with one attached hydrogen (secondary N) is 1. The van der Waals surface area contributed by atoms with Gasteiger partial charge in [-0.05, 0) is 67.9 Å². The maximum absolute atomic E-state index is 12.5. The third-order valence-electron chi connectivity index (χ3n) is 5.82. The van der Waals surface area contributed by atoms with Gasteiger partial charge in [0.15, 0.2) is 0 Å². The monoisotopic (exact) mass is 363 g/mol. The third-order valence-corrected chi connectivity index (χ3v) is 6.75. The summed E-state index contributed by atoms with van der Waals surface area (Å²) in [6, 6.07) is 6.94. The lowest BCUT2D eigenvalue weighted by Crippen LogP contribution is -2.53. The molecule has 1 aromatic rings. The minimum Gasteiger partial charge on any atom is -0.506 e. The molecule has 0 radical (unpaired) electrons. The van der Waals surface area contributed by atoms with Gasteiger partial charge in [0.25, 0.3) is 0 Å². The Morgan fingerprint density at radius 1 is 1.23 bits per heavy atom. The van der Waals surface area contributed by atoms with Crippen LogP contribution in [0.4, 0.5) is 5.69 Å². The number of amides is 1. The first kappa shape index (κ1) is 14.6. The molecule has 2 unspecified atom stereocenters. The van der Waals surface area contributed by atoms with Gasteiger partial charge in [-0.25, -0.2) is 0 Å². The second kappa shape index (κ2) is 4.98. The number of anilines is 1. The molecular formula is C18H22BrNO2. The zero-order valence-corrected chi connectivity index (χ0v) is 14.2. The van der Waals surface area contributed by atoms with E-state index in [0.29, 0.717) is 12.1 Å². The summed E-state index contributed by atoms with van der Waals surface area (Å²) >= 11 is 3.99. The van der Waals surface area contributed by atoms with Gasteiger partial charge >= 0.3 is 0 Å². The zero-order valence-electron chi connectivity index (χ0n) is 12.6. The van der Waals surface area contributed by atoms with Crippen LogP contribution in [0.1, 0.15) is 44.9 Å². The van der Waals surface area contributed by atoms with Crippen molar-refractivity contribution in [2.45, 2.75) is 49.3 Å². The quantitative estimate of drug-likeness (QED) is 0.615. The number of halogens is 1. The molecule has 0 aliphatic heterocycles. The molecule has 2 atom stereocenters. The number of para-hydroxylation sites is 2. The van der Waals surface area contributed by atoms with Gasteiger partial charge in [0, 0.05) is 10.7 Å². The van der Waals surface area contributed by atoms with E-state index in [4.69, 9.17) is 0 Å². The third kappa shape index (κ3) is 2.55. The number of hydrogen-bond donors (Lipinski definition) is 2. The largest absolute Gasteiger partial charge is 0.506 e. The maximum atomic E-state index is 12.5. The molecule has 4 saturated carbocycles. The average molecular weight is 364 g/mol. The lowest BCUT2D eigenvalue weighted by molar-refractivity contribution is -0.123. The second-order valence-corrected chi connectivity index (χ2v) is 9.54. The van der Waals surface area contributed by atoms with Gasteiger partial charge in [0.1, 0.15) is 5.75 Å². The summed E-state index contributed by atoms with van der Waals surface area (Å²) < 4.78 is 0.284. The lowest BCUT2D eigenvalue weighted by Gasteiger charge is -2.60. The van der Waals surface area contributed by atoms with Crippen molar-refractivity contribution >= 4 is 27.5 Å². The Morgan fingerprint density at radius 2 is 1.91 bits per heavy atom. The Kier molecular flexibility index (Phi) is 3.30. The van der Waals surface area contributed by atoms with Crippen molar-refractivity contribution in [1.82, 2.24) is 0 Å². The zero-order chi connectivity index (χ0) is 15.4. The van der Waals surface area contributed by atoms with E-state index in [9.17, 15) is 9.90 Å². The number of hydrogen-bond acceptors (Lipinski definition) is 2. The van der Waals surface area contributed by atoms with Gasteiger partial charge in [-0.15, -0.1) is 0 Å². The van der Waals surface area contributed by atoms with Gasteiger partial charge < -0.3 is 10.4 Å². The lowest BCUT2D eigenvalue weighted by atomic mass is 9.48. The van der Waals surface area contributed by atoms with Crippen molar-refractivity contribution in [2.75, 3.05) is 5.32 Å². The van der Waals surface area contributed by atoms with Crippen molar-refractivity contribution in [3.63, 3.8) is 0 Å². The normalized spacial score (nSPS) is 39.0. The molecule has 1 amide bonds. The summed E-state index contributed by atoms with van der Waals surface area (Å²) in [7, 11) is 0. The highest BCUT2D eigenvalue weighted by molar-refractivity contribution is 9.10. The Morgan fingerprint density at radius 3 is 2.55 bits per heavy atom. The van der Waals surface area contributed by atoms with E-state index in [1.54, 1.807) is 18.2 Å². The molecule has 1 aromatic carbocycles. The molecule has 0 spiro atoms. The number of carbonyl (C=O) groups excluding carboxylic acids is 1. The van der Waals surface area contributed by atoms with Crippen molar-refractivity contribution in [3.8, 4) is 5.75 Å². The van der Waals surface area contributed by atoms with Crippen LogP contribution in [0, 0.1) is 17.3 Å². The Bertz CT molecular complexity index is 601. The molecule has 2 N–H and O–H groups in total. The molecular weight excluding hydrogens is 342 g/mol. The number of phenolic OH excluding ortho intramolecular Hbond substituents is 1. The van der Waals surface area contributed by atoms with Crippen molar-refractivity contribution in [2.24, 2.45) is 17.3 Å². The number of benzene rings is 1. The maximum Gasteiger partial charge on any atom is 0.225 e. The molecule has 0 heterocycles. The highest BCUT2D eigenvalue weighted by Gasteiger charge is 2.57. The number of aromatic hydroxyl groups is 1. The highest BCUT2D eigenvalue weighted by Crippen LogP contribution is 2.65. The van der Waals surface area contributed by atoms with E-state index in [1.165, 1.54) is 32.1 Å². The van der Waals surface area contributed by atoms with E-state index < -0.39 is 0 Å². The topological polar surface area (TPSA) is 49.3 Å². The smallest absolute Gasteiger partial charge is 0.225 e. The fraction of sp³-hybridized carbons (Fsp3) is 0.611. The molecule has 3 nitrogen and oxygen atoms in total. The van der Waals surface area contributed by atoms with Crippen LogP contribution in [-0.4, -0.2) is 15.3 Å². The van der Waals surface area contributed by atoms with Gasteiger partial charge in [0.2, 0.25) is 5.91 Å². The Hall–Kier alpha value is -1.03. The van der Waals surface area contributed by atoms with Crippen LogP contribution in [0.25, 0.3) is 0 Å². The van der Waals surface area contributed by atoms with Crippen LogP contribution < -0.4 is 5.32 Å². The predicted octanol–water partition coefficient (Wildman–Crippen LogP) is 4.45. The molecule has 4 bridgehead atoms. The summed E-state index contributed by atoms with van der Waals surface area (Å²) in [6.07, 6.45) is 8.04. The molecule has 5 rings (SSSR count). The molecule has 4 fully saturated rings. The van der Waals surface area contributed by atoms with E-state index in [-0.39, 0.29) is 21.4 Å². The van der Waals surface area contributed by atoms with E-state index in [2.05, 4.69) is 21.2 Å². The minimum absolute atomic E-state index is 0.0413. The van der Waals surface area contributed by atoms with E-state index in [0.717, 1.165) is 18.3 Å². The predicted molar refractivity (Wildman–Crippen MR) is 90.1 cm³/mol. The first-order valence-corrected chi connectivity index (χ1v) is 9.01. The summed E-state index contributed by atoms with van der Waals surface area (Å²) in [6.45, 7) is 0. The summed E-state index contributed by atoms with van der Waals surface area (Å²) in [5.74, 6) is 1.76. The molecule has 4 heteroatoms. The van der Waals surface area contributed by atoms with Crippen LogP contribution in [0.3, 0.4) is 0 Å². The summed E-state index contributed by atoms with van der Waals surface area (Å²) in [4.78, 5) is 12.5. The van der Waals surface area contributed by atoms with Crippen LogP contribution in [0.15, 0.2) is 24.3 Å². The fourth-order valence-corrected chi connectivity index (χ4v) is 7.17. The van der Waals surface area contributed by atoms with E-state index >= 15 is 0 Å². The van der Waals surface area contributed by atoms with Crippen LogP contribution in [-0.2, 0) is 4.79 Å². The van der Waals surface area contributed by atoms with Crippen LogP contribution in [0.5, 0.6) is 5.75 Å². The highest BCUT2D eigenvalue weighted by atomic mass is 79.9. The summed E-state index contributed by atoms with van der Waals surface area (Å²) in [5, 5.41) is 12.7. The number of carbonyl (C=O) groups is 1. The number of rotatable bonds is 3.